The third-order valence-corrected chi connectivity index (χ3v) is 2.10. The Morgan fingerprint density at radius 1 is 1.38 bits per heavy atom. The summed E-state index contributed by atoms with van der Waals surface area (Å²) in [6, 6.07) is 7.48. The summed E-state index contributed by atoms with van der Waals surface area (Å²) in [6.45, 7) is 1.85. The van der Waals surface area contributed by atoms with Gasteiger partial charge < -0.3 is 4.42 Å². The number of hydrogen-bond donors (Lipinski definition) is 0. The van der Waals surface area contributed by atoms with Crippen LogP contribution in [-0.2, 0) is 0 Å². The molecule has 0 aliphatic heterocycles. The van der Waals surface area contributed by atoms with Crippen molar-refractivity contribution in [2.75, 3.05) is 0 Å². The summed E-state index contributed by atoms with van der Waals surface area (Å²) in [5, 5.41) is 0.985. The number of carbonyl (C=O) groups excluding carboxylic acids is 1. The molecule has 1 aromatic heterocycles. The van der Waals surface area contributed by atoms with Crippen molar-refractivity contribution in [1.82, 2.24) is 0 Å². The number of rotatable bonds is 2. The number of Topliss-reactive ketones (excluding diaryl/α,β-unsaturated/α-hetero) is 1. The Labute approximate surface area is 76.2 Å². The number of ketones is 1. The molecule has 13 heavy (non-hydrogen) atoms. The van der Waals surface area contributed by atoms with Gasteiger partial charge in [0.15, 0.2) is 5.78 Å². The molecular formula is C11H10O2. The van der Waals surface area contributed by atoms with Crippen LogP contribution in [0.1, 0.15) is 23.7 Å². The van der Waals surface area contributed by atoms with Gasteiger partial charge in [-0.25, -0.2) is 0 Å². The van der Waals surface area contributed by atoms with Gasteiger partial charge in [0.2, 0.25) is 0 Å². The fourth-order valence-corrected chi connectivity index (χ4v) is 1.40. The normalized spacial score (nSPS) is 10.5. The van der Waals surface area contributed by atoms with Crippen LogP contribution in [0.2, 0.25) is 0 Å². The van der Waals surface area contributed by atoms with Crippen molar-refractivity contribution < 1.29 is 9.21 Å². The molecule has 2 nitrogen and oxygen atoms in total. The molecule has 0 fully saturated rings. The van der Waals surface area contributed by atoms with Crippen LogP contribution in [0.4, 0.5) is 0 Å². The fraction of sp³-hybridized carbons (Fsp3) is 0.182. The third kappa shape index (κ3) is 1.24. The van der Waals surface area contributed by atoms with Gasteiger partial charge in [-0.15, -0.1) is 0 Å². The van der Waals surface area contributed by atoms with E-state index in [-0.39, 0.29) is 5.78 Å². The summed E-state index contributed by atoms with van der Waals surface area (Å²) >= 11 is 0. The molecule has 0 atom stereocenters. The lowest BCUT2D eigenvalue weighted by atomic mass is 10.1. The van der Waals surface area contributed by atoms with Gasteiger partial charge in [0.1, 0.15) is 5.58 Å². The molecule has 0 bridgehead atoms. The second-order valence-electron chi connectivity index (χ2n) is 2.92. The lowest BCUT2D eigenvalue weighted by Gasteiger charge is -1.97. The van der Waals surface area contributed by atoms with Crippen molar-refractivity contribution in [2.24, 2.45) is 0 Å². The van der Waals surface area contributed by atoms with Crippen molar-refractivity contribution in [3.05, 3.63) is 36.1 Å². The Hall–Kier alpha value is -1.57. The Balaban J connectivity index is 2.67. The molecular weight excluding hydrogens is 164 g/mol. The van der Waals surface area contributed by atoms with Crippen LogP contribution in [0.3, 0.4) is 0 Å². The smallest absolute Gasteiger partial charge is 0.166 e. The van der Waals surface area contributed by atoms with Gasteiger partial charge in [0, 0.05) is 11.8 Å². The number of benzene rings is 1. The molecule has 0 radical (unpaired) electrons. The van der Waals surface area contributed by atoms with E-state index in [9.17, 15) is 4.79 Å². The zero-order chi connectivity index (χ0) is 9.26. The Morgan fingerprint density at radius 3 is 3.00 bits per heavy atom. The van der Waals surface area contributed by atoms with Crippen molar-refractivity contribution in [2.45, 2.75) is 13.3 Å². The lowest BCUT2D eigenvalue weighted by Crippen LogP contribution is -1.95. The molecule has 0 aliphatic rings. The maximum absolute atomic E-state index is 11.5. The summed E-state index contributed by atoms with van der Waals surface area (Å²) < 4.78 is 5.25. The van der Waals surface area contributed by atoms with Crippen LogP contribution in [0.15, 0.2) is 34.9 Å². The molecule has 1 aromatic carbocycles. The standard InChI is InChI=1S/C11H10O2/c1-2-10(12)9-5-3-4-8-6-7-13-11(8)9/h3-7H,2H2,1H3. The molecule has 0 spiro atoms. The molecule has 2 heteroatoms. The lowest BCUT2D eigenvalue weighted by molar-refractivity contribution is 0.0989. The number of hydrogen-bond acceptors (Lipinski definition) is 2. The summed E-state index contributed by atoms with van der Waals surface area (Å²) in [5.74, 6) is 0.126. The van der Waals surface area contributed by atoms with Gasteiger partial charge in [-0.3, -0.25) is 4.79 Å². The number of para-hydroxylation sites is 1. The van der Waals surface area contributed by atoms with Crippen LogP contribution in [0, 0.1) is 0 Å². The summed E-state index contributed by atoms with van der Waals surface area (Å²) in [7, 11) is 0. The Kier molecular flexibility index (Phi) is 1.89. The summed E-state index contributed by atoms with van der Waals surface area (Å²) in [5.41, 5.74) is 1.39. The van der Waals surface area contributed by atoms with Crippen molar-refractivity contribution >= 4 is 16.8 Å². The topological polar surface area (TPSA) is 30.2 Å². The highest BCUT2D eigenvalue weighted by molar-refractivity contribution is 6.05. The zero-order valence-electron chi connectivity index (χ0n) is 7.41. The average molecular weight is 174 g/mol. The molecule has 0 saturated heterocycles. The average Bonchev–Trinajstić information content (AvgIpc) is 2.63. The van der Waals surface area contributed by atoms with Crippen LogP contribution in [0.25, 0.3) is 11.0 Å². The van der Waals surface area contributed by atoms with Gasteiger partial charge in [-0.1, -0.05) is 19.1 Å². The second-order valence-corrected chi connectivity index (χ2v) is 2.92. The van der Waals surface area contributed by atoms with Crippen molar-refractivity contribution in [1.29, 1.82) is 0 Å². The van der Waals surface area contributed by atoms with E-state index in [1.54, 1.807) is 12.3 Å². The van der Waals surface area contributed by atoms with Crippen LogP contribution < -0.4 is 0 Å². The number of carbonyl (C=O) groups is 1. The molecule has 2 aromatic rings. The van der Waals surface area contributed by atoms with Gasteiger partial charge in [0.05, 0.1) is 11.8 Å². The van der Waals surface area contributed by atoms with Gasteiger partial charge in [-0.2, -0.15) is 0 Å². The highest BCUT2D eigenvalue weighted by Gasteiger charge is 2.09. The Morgan fingerprint density at radius 2 is 2.23 bits per heavy atom. The van der Waals surface area contributed by atoms with E-state index in [2.05, 4.69) is 0 Å². The summed E-state index contributed by atoms with van der Waals surface area (Å²) in [6.07, 6.45) is 2.12. The predicted molar refractivity (Wildman–Crippen MR) is 50.8 cm³/mol. The zero-order valence-corrected chi connectivity index (χ0v) is 7.41. The van der Waals surface area contributed by atoms with Crippen LogP contribution >= 0.6 is 0 Å². The van der Waals surface area contributed by atoms with Gasteiger partial charge >= 0.3 is 0 Å². The van der Waals surface area contributed by atoms with E-state index < -0.39 is 0 Å². The first-order valence-corrected chi connectivity index (χ1v) is 4.32. The predicted octanol–water partition coefficient (Wildman–Crippen LogP) is 3.03. The van der Waals surface area contributed by atoms with Crippen LogP contribution in [0.5, 0.6) is 0 Å². The first-order chi connectivity index (χ1) is 6.33. The van der Waals surface area contributed by atoms with E-state index in [1.165, 1.54) is 0 Å². The van der Waals surface area contributed by atoms with Gasteiger partial charge in [0.25, 0.3) is 0 Å². The van der Waals surface area contributed by atoms with E-state index in [4.69, 9.17) is 4.42 Å². The maximum Gasteiger partial charge on any atom is 0.166 e. The molecule has 0 N–H and O–H groups in total. The third-order valence-electron chi connectivity index (χ3n) is 2.10. The van der Waals surface area contributed by atoms with Crippen molar-refractivity contribution in [3.63, 3.8) is 0 Å². The monoisotopic (exact) mass is 174 g/mol. The van der Waals surface area contributed by atoms with E-state index in [1.807, 2.05) is 25.1 Å². The fourth-order valence-electron chi connectivity index (χ4n) is 1.40. The number of fused-ring (bicyclic) bond motifs is 1. The largest absolute Gasteiger partial charge is 0.464 e. The molecule has 0 amide bonds. The minimum absolute atomic E-state index is 0.126. The minimum atomic E-state index is 0.126. The summed E-state index contributed by atoms with van der Waals surface area (Å²) in [4.78, 5) is 11.5. The second kappa shape index (κ2) is 3.05. The quantitative estimate of drug-likeness (QED) is 0.655. The SMILES string of the molecule is CCC(=O)c1cccc2ccoc12. The Bertz CT molecular complexity index is 440. The number of furan rings is 1. The molecule has 1 heterocycles. The van der Waals surface area contributed by atoms with E-state index >= 15 is 0 Å². The molecule has 2 rings (SSSR count). The molecule has 66 valence electrons. The maximum atomic E-state index is 11.5. The van der Waals surface area contributed by atoms with E-state index in [0.717, 1.165) is 5.39 Å². The van der Waals surface area contributed by atoms with Crippen molar-refractivity contribution in [3.8, 4) is 0 Å². The minimum Gasteiger partial charge on any atom is -0.464 e. The highest BCUT2D eigenvalue weighted by Crippen LogP contribution is 2.20. The first-order valence-electron chi connectivity index (χ1n) is 4.32. The van der Waals surface area contributed by atoms with E-state index in [0.29, 0.717) is 17.6 Å². The first kappa shape index (κ1) is 8.05. The molecule has 0 saturated carbocycles. The highest BCUT2D eigenvalue weighted by atomic mass is 16.3. The molecule has 0 unspecified atom stereocenters. The van der Waals surface area contributed by atoms with Gasteiger partial charge in [-0.05, 0) is 12.1 Å². The van der Waals surface area contributed by atoms with Crippen LogP contribution in [-0.4, -0.2) is 5.78 Å². The molecule has 0 aliphatic carbocycles.